The average molecular weight is 306 g/mol. The Bertz CT molecular complexity index is 516. The molecule has 6 nitrogen and oxygen atoms in total. The largest absolute Gasteiger partial charge is 0.496 e. The number of carboxylic acid groups (broad SMARTS) is 1. The molecule has 0 aliphatic rings. The van der Waals surface area contributed by atoms with E-state index in [1.54, 1.807) is 18.2 Å². The molecule has 1 N–H and O–H groups in total. The van der Waals surface area contributed by atoms with Crippen LogP contribution in [0.2, 0.25) is 0 Å². The van der Waals surface area contributed by atoms with Gasteiger partial charge in [0, 0.05) is 0 Å². The number of hydrogen-bond acceptors (Lipinski definition) is 5. The number of rotatable bonds is 5. The summed E-state index contributed by atoms with van der Waals surface area (Å²) in [4.78, 5) is 25.0. The van der Waals surface area contributed by atoms with Crippen molar-refractivity contribution >= 4 is 40.9 Å². The van der Waals surface area contributed by atoms with Gasteiger partial charge in [0.05, 0.1) is 12.7 Å². The van der Waals surface area contributed by atoms with Crippen LogP contribution in [0, 0.1) is 0 Å². The van der Waals surface area contributed by atoms with Crippen LogP contribution in [-0.4, -0.2) is 34.7 Å². The lowest BCUT2D eigenvalue weighted by Gasteiger charge is -2.07. The molecule has 0 heterocycles. The fourth-order valence-electron chi connectivity index (χ4n) is 1.17. The summed E-state index contributed by atoms with van der Waals surface area (Å²) in [5.41, 5.74) is -0.342. The first-order chi connectivity index (χ1) is 8.97. The molecule has 0 unspecified atom stereocenters. The van der Waals surface area contributed by atoms with E-state index in [0.717, 1.165) is 0 Å². The smallest absolute Gasteiger partial charge is 0.367 e. The van der Waals surface area contributed by atoms with E-state index in [0.29, 0.717) is 0 Å². The fourth-order valence-corrected chi connectivity index (χ4v) is 1.25. The second kappa shape index (κ2) is 6.96. The molecule has 1 aromatic carbocycles. The van der Waals surface area contributed by atoms with Crippen LogP contribution in [0.4, 0.5) is 0 Å². The van der Waals surface area contributed by atoms with Gasteiger partial charge in [-0.05, 0) is 12.1 Å². The number of aliphatic carboxylic acids is 1. The molecule has 0 aliphatic heterocycles. The van der Waals surface area contributed by atoms with Crippen LogP contribution < -0.4 is 4.74 Å². The Morgan fingerprint density at radius 2 is 1.95 bits per heavy atom. The maximum absolute atomic E-state index is 11.1. The number of alkyl halides is 2. The Morgan fingerprint density at radius 3 is 2.47 bits per heavy atom. The number of nitrogens with zero attached hydrogens (tertiary/aromatic N) is 1. The van der Waals surface area contributed by atoms with Crippen LogP contribution in [0.5, 0.6) is 5.75 Å². The third-order valence-electron chi connectivity index (χ3n) is 1.97. The number of halogens is 2. The van der Waals surface area contributed by atoms with E-state index in [9.17, 15) is 9.59 Å². The quantitative estimate of drug-likeness (QED) is 0.388. The van der Waals surface area contributed by atoms with E-state index < -0.39 is 22.5 Å². The van der Waals surface area contributed by atoms with Gasteiger partial charge >= 0.3 is 11.9 Å². The van der Waals surface area contributed by atoms with E-state index in [4.69, 9.17) is 33.0 Å². The van der Waals surface area contributed by atoms with Crippen molar-refractivity contribution in [2.75, 3.05) is 7.11 Å². The first-order valence-corrected chi connectivity index (χ1v) is 5.78. The molecule has 0 saturated heterocycles. The zero-order chi connectivity index (χ0) is 14.4. The molecule has 0 radical (unpaired) electrons. The van der Waals surface area contributed by atoms with Crippen LogP contribution in [-0.2, 0) is 14.4 Å². The van der Waals surface area contributed by atoms with Gasteiger partial charge < -0.3 is 14.7 Å². The highest BCUT2D eigenvalue weighted by Crippen LogP contribution is 2.19. The molecule has 1 rings (SSSR count). The SMILES string of the molecule is COc1ccccc1C(=NOC(=O)C(Cl)Cl)C(=O)O. The molecular formula is C11H9Cl2NO5. The Hall–Kier alpha value is -1.79. The zero-order valence-corrected chi connectivity index (χ0v) is 11.2. The summed E-state index contributed by atoms with van der Waals surface area (Å²) < 4.78 is 4.99. The predicted octanol–water partition coefficient (Wildman–Crippen LogP) is 1.83. The van der Waals surface area contributed by atoms with E-state index in [-0.39, 0.29) is 11.3 Å². The summed E-state index contributed by atoms with van der Waals surface area (Å²) in [6, 6.07) is 6.24. The highest BCUT2D eigenvalue weighted by molar-refractivity contribution is 6.53. The van der Waals surface area contributed by atoms with E-state index in [1.165, 1.54) is 13.2 Å². The van der Waals surface area contributed by atoms with Gasteiger partial charge in [0.1, 0.15) is 5.75 Å². The van der Waals surface area contributed by atoms with Crippen molar-refractivity contribution in [3.05, 3.63) is 29.8 Å². The summed E-state index contributed by atoms with van der Waals surface area (Å²) in [5.74, 6) is -2.19. The van der Waals surface area contributed by atoms with Gasteiger partial charge in [-0.3, -0.25) is 0 Å². The van der Waals surface area contributed by atoms with Crippen molar-refractivity contribution in [3.63, 3.8) is 0 Å². The molecular weight excluding hydrogens is 297 g/mol. The van der Waals surface area contributed by atoms with Crippen LogP contribution in [0.3, 0.4) is 0 Å². The summed E-state index contributed by atoms with van der Waals surface area (Å²) >= 11 is 10.5. The Balaban J connectivity index is 3.11. The summed E-state index contributed by atoms with van der Waals surface area (Å²) in [6.45, 7) is 0. The predicted molar refractivity (Wildman–Crippen MR) is 68.8 cm³/mol. The van der Waals surface area contributed by atoms with E-state index in [2.05, 4.69) is 9.99 Å². The minimum absolute atomic E-state index is 0.158. The molecule has 8 heteroatoms. The van der Waals surface area contributed by atoms with Gasteiger partial charge in [-0.2, -0.15) is 0 Å². The first kappa shape index (κ1) is 15.3. The lowest BCUT2D eigenvalue weighted by Crippen LogP contribution is -2.18. The number of carbonyl (C=O) groups excluding carboxylic acids is 1. The standard InChI is InChI=1S/C11H9Cl2NO5/c1-18-7-5-3-2-4-6(7)8(10(15)16)14-19-11(17)9(12)13/h2-5,9H,1H3,(H,15,16). The molecule has 1 aromatic rings. The molecule has 0 aliphatic carbocycles. The highest BCUT2D eigenvalue weighted by Gasteiger charge is 2.20. The molecule has 0 aromatic heterocycles. The van der Waals surface area contributed by atoms with E-state index >= 15 is 0 Å². The van der Waals surface area contributed by atoms with Crippen LogP contribution in [0.1, 0.15) is 5.56 Å². The van der Waals surface area contributed by atoms with Gasteiger partial charge in [-0.15, -0.1) is 0 Å². The second-order valence-electron chi connectivity index (χ2n) is 3.16. The topological polar surface area (TPSA) is 85.2 Å². The summed E-state index contributed by atoms with van der Waals surface area (Å²) in [6.07, 6.45) is 0. The van der Waals surface area contributed by atoms with Crippen molar-refractivity contribution < 1.29 is 24.3 Å². The number of ether oxygens (including phenoxy) is 1. The van der Waals surface area contributed by atoms with Crippen LogP contribution in [0.15, 0.2) is 29.4 Å². The zero-order valence-electron chi connectivity index (χ0n) is 9.67. The molecule has 0 atom stereocenters. The van der Waals surface area contributed by atoms with Gasteiger partial charge in [0.25, 0.3) is 0 Å². The molecule has 0 spiro atoms. The monoisotopic (exact) mass is 305 g/mol. The van der Waals surface area contributed by atoms with Crippen molar-refractivity contribution in [2.45, 2.75) is 4.84 Å². The summed E-state index contributed by atoms with van der Waals surface area (Å²) in [5, 5.41) is 12.3. The average Bonchev–Trinajstić information content (AvgIpc) is 2.38. The third-order valence-corrected chi connectivity index (χ3v) is 2.33. The first-order valence-electron chi connectivity index (χ1n) is 4.91. The number of para-hydroxylation sites is 1. The number of methoxy groups -OCH3 is 1. The van der Waals surface area contributed by atoms with Gasteiger partial charge in [0.2, 0.25) is 4.84 Å². The Morgan fingerprint density at radius 1 is 1.32 bits per heavy atom. The van der Waals surface area contributed by atoms with Gasteiger partial charge in [-0.1, -0.05) is 40.5 Å². The van der Waals surface area contributed by atoms with Gasteiger partial charge in [0.15, 0.2) is 5.71 Å². The lowest BCUT2D eigenvalue weighted by molar-refractivity contribution is -0.141. The molecule has 102 valence electrons. The molecule has 0 saturated carbocycles. The second-order valence-corrected chi connectivity index (χ2v) is 4.25. The van der Waals surface area contributed by atoms with Crippen molar-refractivity contribution in [1.82, 2.24) is 0 Å². The Labute approximate surface area is 118 Å². The lowest BCUT2D eigenvalue weighted by atomic mass is 10.1. The number of hydrogen-bond donors (Lipinski definition) is 1. The maximum atomic E-state index is 11.1. The van der Waals surface area contributed by atoms with Crippen LogP contribution in [0.25, 0.3) is 0 Å². The van der Waals surface area contributed by atoms with Gasteiger partial charge in [-0.25, -0.2) is 9.59 Å². The fraction of sp³-hybridized carbons (Fsp3) is 0.182. The number of carboxylic acids is 1. The maximum Gasteiger partial charge on any atom is 0.367 e. The van der Waals surface area contributed by atoms with Crippen molar-refractivity contribution in [1.29, 1.82) is 0 Å². The minimum atomic E-state index is -1.45. The number of benzene rings is 1. The van der Waals surface area contributed by atoms with E-state index in [1.807, 2.05) is 0 Å². The normalized spacial score (nSPS) is 11.3. The molecule has 19 heavy (non-hydrogen) atoms. The van der Waals surface area contributed by atoms with Crippen molar-refractivity contribution in [3.8, 4) is 5.75 Å². The molecule has 0 bridgehead atoms. The third kappa shape index (κ3) is 4.11. The van der Waals surface area contributed by atoms with Crippen LogP contribution >= 0.6 is 23.2 Å². The summed E-state index contributed by atoms with van der Waals surface area (Å²) in [7, 11) is 1.37. The minimum Gasteiger partial charge on any atom is -0.496 e. The Kier molecular flexibility index (Phi) is 5.59. The highest BCUT2D eigenvalue weighted by atomic mass is 35.5. The number of oxime groups is 1. The molecule has 0 fully saturated rings. The number of carbonyl (C=O) groups is 2. The van der Waals surface area contributed by atoms with Crippen molar-refractivity contribution in [2.24, 2.45) is 5.16 Å². The molecule has 0 amide bonds.